The molecule has 1 aliphatic heterocycles. The quantitative estimate of drug-likeness (QED) is 0.774. The van der Waals surface area contributed by atoms with Gasteiger partial charge >= 0.3 is 0 Å². The van der Waals surface area contributed by atoms with Crippen LogP contribution in [0.25, 0.3) is 0 Å². The highest BCUT2D eigenvalue weighted by molar-refractivity contribution is 9.09. The molecule has 4 heteroatoms. The first-order chi connectivity index (χ1) is 9.26. The van der Waals surface area contributed by atoms with Crippen molar-refractivity contribution in [1.82, 2.24) is 4.90 Å². The summed E-state index contributed by atoms with van der Waals surface area (Å²) in [5.41, 5.74) is 1.29. The van der Waals surface area contributed by atoms with E-state index in [1.165, 1.54) is 31.5 Å². The monoisotopic (exact) mass is 327 g/mol. The van der Waals surface area contributed by atoms with Crippen molar-refractivity contribution in [2.45, 2.75) is 19.4 Å². The van der Waals surface area contributed by atoms with E-state index in [0.717, 1.165) is 29.3 Å². The van der Waals surface area contributed by atoms with Crippen LogP contribution in [-0.2, 0) is 6.54 Å². The third kappa shape index (κ3) is 3.86. The van der Waals surface area contributed by atoms with Crippen LogP contribution in [-0.4, -0.2) is 37.5 Å². The van der Waals surface area contributed by atoms with E-state index >= 15 is 0 Å². The van der Waals surface area contributed by atoms with Gasteiger partial charge in [0, 0.05) is 18.4 Å². The minimum absolute atomic E-state index is 0.786. The van der Waals surface area contributed by atoms with Gasteiger partial charge in [0.1, 0.15) is 0 Å². The summed E-state index contributed by atoms with van der Waals surface area (Å²) in [5, 5.41) is 1.11. The number of ether oxygens (including phenoxy) is 2. The standard InChI is InChI=1S/C15H22BrNO2/c1-18-14-6-5-12(8-15(14)19-2)10-17-7-3-4-13(9-16)11-17/h5-6,8,13H,3-4,7,9-11H2,1-2H3. The van der Waals surface area contributed by atoms with Crippen molar-refractivity contribution in [3.05, 3.63) is 23.8 Å². The largest absolute Gasteiger partial charge is 0.493 e. The second-order valence-electron chi connectivity index (χ2n) is 5.09. The van der Waals surface area contributed by atoms with Crippen LogP contribution < -0.4 is 9.47 Å². The molecule has 0 aromatic heterocycles. The first-order valence-electron chi connectivity index (χ1n) is 6.76. The number of methoxy groups -OCH3 is 2. The molecule has 1 atom stereocenters. The smallest absolute Gasteiger partial charge is 0.161 e. The molecule has 1 aromatic rings. The molecule has 0 amide bonds. The zero-order chi connectivity index (χ0) is 13.7. The Labute approximate surface area is 124 Å². The second-order valence-corrected chi connectivity index (χ2v) is 5.73. The van der Waals surface area contributed by atoms with E-state index in [4.69, 9.17) is 9.47 Å². The molecular weight excluding hydrogens is 306 g/mol. The fraction of sp³-hybridized carbons (Fsp3) is 0.600. The van der Waals surface area contributed by atoms with Gasteiger partial charge in [-0.15, -0.1) is 0 Å². The summed E-state index contributed by atoms with van der Waals surface area (Å²) >= 11 is 3.60. The Bertz CT molecular complexity index is 411. The van der Waals surface area contributed by atoms with E-state index in [1.807, 2.05) is 6.07 Å². The third-order valence-corrected chi connectivity index (χ3v) is 4.59. The Balaban J connectivity index is 2.02. The van der Waals surface area contributed by atoms with Gasteiger partial charge < -0.3 is 9.47 Å². The molecule has 0 saturated carbocycles. The van der Waals surface area contributed by atoms with Crippen molar-refractivity contribution in [1.29, 1.82) is 0 Å². The molecule has 0 N–H and O–H groups in total. The lowest BCUT2D eigenvalue weighted by atomic mass is 9.99. The van der Waals surface area contributed by atoms with Crippen LogP contribution in [0.3, 0.4) is 0 Å². The molecule has 1 unspecified atom stereocenters. The van der Waals surface area contributed by atoms with E-state index in [0.29, 0.717) is 0 Å². The normalized spacial score (nSPS) is 20.3. The van der Waals surface area contributed by atoms with Crippen molar-refractivity contribution in [3.8, 4) is 11.5 Å². The molecule has 1 aliphatic rings. The first kappa shape index (κ1) is 14.7. The van der Waals surface area contributed by atoms with E-state index in [-0.39, 0.29) is 0 Å². The highest BCUT2D eigenvalue weighted by Crippen LogP contribution is 2.28. The number of benzene rings is 1. The van der Waals surface area contributed by atoms with Crippen LogP contribution in [0.2, 0.25) is 0 Å². The SMILES string of the molecule is COc1ccc(CN2CCCC(CBr)C2)cc1OC. The Morgan fingerprint density at radius 1 is 1.26 bits per heavy atom. The van der Waals surface area contributed by atoms with Crippen molar-refractivity contribution < 1.29 is 9.47 Å². The van der Waals surface area contributed by atoms with E-state index in [9.17, 15) is 0 Å². The number of hydrogen-bond acceptors (Lipinski definition) is 3. The summed E-state index contributed by atoms with van der Waals surface area (Å²) in [4.78, 5) is 2.52. The minimum atomic E-state index is 0.786. The lowest BCUT2D eigenvalue weighted by Crippen LogP contribution is -2.35. The summed E-state index contributed by atoms with van der Waals surface area (Å²) in [6, 6.07) is 6.19. The highest BCUT2D eigenvalue weighted by atomic mass is 79.9. The fourth-order valence-electron chi connectivity index (χ4n) is 2.66. The molecule has 1 heterocycles. The number of hydrogen-bond donors (Lipinski definition) is 0. The Kier molecular flexibility index (Phi) is 5.52. The molecule has 0 spiro atoms. The fourth-order valence-corrected chi connectivity index (χ4v) is 3.19. The molecule has 0 radical (unpaired) electrons. The van der Waals surface area contributed by atoms with Gasteiger partial charge in [0.25, 0.3) is 0 Å². The van der Waals surface area contributed by atoms with Crippen LogP contribution in [0.5, 0.6) is 11.5 Å². The van der Waals surface area contributed by atoms with E-state index in [1.54, 1.807) is 14.2 Å². The maximum atomic E-state index is 5.36. The highest BCUT2D eigenvalue weighted by Gasteiger charge is 2.19. The molecule has 0 bridgehead atoms. The van der Waals surface area contributed by atoms with Gasteiger partial charge in [-0.2, -0.15) is 0 Å². The summed E-state index contributed by atoms with van der Waals surface area (Å²) in [6.45, 7) is 3.36. The van der Waals surface area contributed by atoms with Gasteiger partial charge in [-0.05, 0) is 43.0 Å². The molecule has 0 aliphatic carbocycles. The Morgan fingerprint density at radius 3 is 2.74 bits per heavy atom. The molecule has 1 saturated heterocycles. The summed E-state index contributed by atoms with van der Waals surface area (Å²) in [7, 11) is 3.35. The van der Waals surface area contributed by atoms with E-state index < -0.39 is 0 Å². The van der Waals surface area contributed by atoms with Crippen LogP contribution in [0.15, 0.2) is 18.2 Å². The average molecular weight is 328 g/mol. The molecule has 19 heavy (non-hydrogen) atoms. The minimum Gasteiger partial charge on any atom is -0.493 e. The molecule has 1 fully saturated rings. The molecule has 106 valence electrons. The predicted molar refractivity (Wildman–Crippen MR) is 81.3 cm³/mol. The van der Waals surface area contributed by atoms with Crippen LogP contribution in [0.1, 0.15) is 18.4 Å². The van der Waals surface area contributed by atoms with Crippen LogP contribution in [0, 0.1) is 5.92 Å². The van der Waals surface area contributed by atoms with Gasteiger partial charge in [0.15, 0.2) is 11.5 Å². The van der Waals surface area contributed by atoms with Crippen LogP contribution in [0.4, 0.5) is 0 Å². The maximum absolute atomic E-state index is 5.36. The van der Waals surface area contributed by atoms with Gasteiger partial charge in [0.05, 0.1) is 14.2 Å². The maximum Gasteiger partial charge on any atom is 0.161 e. The van der Waals surface area contributed by atoms with Crippen molar-refractivity contribution in [2.24, 2.45) is 5.92 Å². The number of rotatable bonds is 5. The lowest BCUT2D eigenvalue weighted by Gasteiger charge is -2.31. The van der Waals surface area contributed by atoms with Gasteiger partial charge in [-0.25, -0.2) is 0 Å². The van der Waals surface area contributed by atoms with Gasteiger partial charge in [-0.3, -0.25) is 4.90 Å². The number of piperidine rings is 1. The third-order valence-electron chi connectivity index (χ3n) is 3.68. The number of alkyl halides is 1. The molecule has 3 nitrogen and oxygen atoms in total. The summed E-state index contributed by atoms with van der Waals surface area (Å²) in [5.74, 6) is 2.39. The summed E-state index contributed by atoms with van der Waals surface area (Å²) in [6.07, 6.45) is 2.64. The molecule has 1 aromatic carbocycles. The molecule has 2 rings (SSSR count). The zero-order valence-electron chi connectivity index (χ0n) is 11.7. The van der Waals surface area contributed by atoms with Gasteiger partial charge in [0.2, 0.25) is 0 Å². The number of halogens is 1. The van der Waals surface area contributed by atoms with Crippen LogP contribution >= 0.6 is 15.9 Å². The molecular formula is C15H22BrNO2. The zero-order valence-corrected chi connectivity index (χ0v) is 13.3. The number of likely N-dealkylation sites (tertiary alicyclic amines) is 1. The Morgan fingerprint density at radius 2 is 2.05 bits per heavy atom. The van der Waals surface area contributed by atoms with Gasteiger partial charge in [-0.1, -0.05) is 22.0 Å². The topological polar surface area (TPSA) is 21.7 Å². The Hall–Kier alpha value is -0.740. The summed E-state index contributed by atoms with van der Waals surface area (Å²) < 4.78 is 10.6. The average Bonchev–Trinajstić information content (AvgIpc) is 2.47. The van der Waals surface area contributed by atoms with E-state index in [2.05, 4.69) is 33.0 Å². The van der Waals surface area contributed by atoms with Crippen molar-refractivity contribution >= 4 is 15.9 Å². The second kappa shape index (κ2) is 7.15. The lowest BCUT2D eigenvalue weighted by molar-refractivity contribution is 0.179. The number of nitrogens with zero attached hydrogens (tertiary/aromatic N) is 1. The van der Waals surface area contributed by atoms with Crippen molar-refractivity contribution in [2.75, 3.05) is 32.6 Å². The predicted octanol–water partition coefficient (Wildman–Crippen LogP) is 3.31. The van der Waals surface area contributed by atoms with Crippen molar-refractivity contribution in [3.63, 3.8) is 0 Å². The first-order valence-corrected chi connectivity index (χ1v) is 7.88.